The van der Waals surface area contributed by atoms with Crippen LogP contribution in [-0.4, -0.2) is 4.43 Å². The fraction of sp³-hybridized carbons (Fsp3) is 0.294. The Bertz CT molecular complexity index is 550. The molecule has 3 aliphatic rings. The Labute approximate surface area is 123 Å². The van der Waals surface area contributed by atoms with E-state index in [0.29, 0.717) is 0 Å². The molecule has 0 radical (unpaired) electrons. The summed E-state index contributed by atoms with van der Waals surface area (Å²) in [5, 5.41) is 0. The summed E-state index contributed by atoms with van der Waals surface area (Å²) >= 11 is 2.44. The molecule has 0 saturated heterocycles. The number of hydrogen-bond donors (Lipinski definition) is 0. The second kappa shape index (κ2) is 5.04. The lowest BCUT2D eigenvalue weighted by atomic mass is 9.88. The Balaban J connectivity index is 2.23. The first-order valence-corrected chi connectivity index (χ1v) is 8.12. The fourth-order valence-corrected chi connectivity index (χ4v) is 3.63. The van der Waals surface area contributed by atoms with E-state index in [2.05, 4.69) is 59.5 Å². The minimum absolute atomic E-state index is 1.08. The average molecular weight is 348 g/mol. The molecule has 0 bridgehead atoms. The summed E-state index contributed by atoms with van der Waals surface area (Å²) in [6, 6.07) is 0. The molecule has 0 fully saturated rings. The maximum absolute atomic E-state index is 4.01. The van der Waals surface area contributed by atoms with Gasteiger partial charge in [-0.05, 0) is 59.1 Å². The van der Waals surface area contributed by atoms with Crippen LogP contribution >= 0.6 is 22.6 Å². The number of alkyl halides is 1. The molecule has 0 aromatic carbocycles. The number of fused-ring (bicyclic) bond motifs is 2. The van der Waals surface area contributed by atoms with Gasteiger partial charge in [-0.1, -0.05) is 59.5 Å². The van der Waals surface area contributed by atoms with Gasteiger partial charge in [-0.15, -0.1) is 0 Å². The summed E-state index contributed by atoms with van der Waals surface area (Å²) in [6.45, 7) is 4.01. The molecule has 0 saturated carbocycles. The van der Waals surface area contributed by atoms with Crippen LogP contribution in [0.3, 0.4) is 0 Å². The van der Waals surface area contributed by atoms with E-state index in [1.165, 1.54) is 40.7 Å². The van der Waals surface area contributed by atoms with Gasteiger partial charge >= 0.3 is 0 Å². The van der Waals surface area contributed by atoms with Crippen LogP contribution < -0.4 is 0 Å². The van der Waals surface area contributed by atoms with Crippen molar-refractivity contribution in [3.8, 4) is 0 Å². The molecule has 3 aliphatic carbocycles. The number of hydrogen-bond acceptors (Lipinski definition) is 0. The number of allylic oxidation sites excluding steroid dienone is 11. The van der Waals surface area contributed by atoms with Crippen LogP contribution in [0.15, 0.2) is 70.4 Å². The molecule has 0 atom stereocenters. The van der Waals surface area contributed by atoms with Crippen molar-refractivity contribution in [1.82, 2.24) is 0 Å². The monoisotopic (exact) mass is 348 g/mol. The number of rotatable bonds is 2. The first kappa shape index (κ1) is 12.2. The van der Waals surface area contributed by atoms with E-state index in [4.69, 9.17) is 0 Å². The highest BCUT2D eigenvalue weighted by Gasteiger charge is 2.31. The van der Waals surface area contributed by atoms with Crippen molar-refractivity contribution in [1.29, 1.82) is 0 Å². The Morgan fingerprint density at radius 1 is 1.28 bits per heavy atom. The van der Waals surface area contributed by atoms with Crippen molar-refractivity contribution in [3.05, 3.63) is 70.4 Å². The van der Waals surface area contributed by atoms with E-state index >= 15 is 0 Å². The van der Waals surface area contributed by atoms with E-state index in [1.807, 2.05) is 0 Å². The van der Waals surface area contributed by atoms with Crippen LogP contribution in [-0.2, 0) is 0 Å². The lowest BCUT2D eigenvalue weighted by Gasteiger charge is -2.16. The highest BCUT2D eigenvalue weighted by Crippen LogP contribution is 2.49. The summed E-state index contributed by atoms with van der Waals surface area (Å²) in [7, 11) is 0. The molecule has 0 N–H and O–H groups in total. The van der Waals surface area contributed by atoms with Gasteiger partial charge in [0.2, 0.25) is 0 Å². The summed E-state index contributed by atoms with van der Waals surface area (Å²) in [5.41, 5.74) is 8.92. The maximum atomic E-state index is 4.01. The van der Waals surface area contributed by atoms with E-state index < -0.39 is 0 Å². The molecule has 0 aromatic rings. The van der Waals surface area contributed by atoms with Crippen LogP contribution in [0.25, 0.3) is 0 Å². The predicted octanol–water partition coefficient (Wildman–Crippen LogP) is 5.21. The van der Waals surface area contributed by atoms with Crippen LogP contribution in [0.4, 0.5) is 0 Å². The summed E-state index contributed by atoms with van der Waals surface area (Å²) in [4.78, 5) is 0. The van der Waals surface area contributed by atoms with Gasteiger partial charge in [0.05, 0.1) is 0 Å². The summed E-state index contributed by atoms with van der Waals surface area (Å²) in [5.74, 6) is 0. The molecule has 0 spiro atoms. The Kier molecular flexibility index (Phi) is 3.42. The van der Waals surface area contributed by atoms with Gasteiger partial charge in [0, 0.05) is 4.43 Å². The predicted molar refractivity (Wildman–Crippen MR) is 86.9 cm³/mol. The van der Waals surface area contributed by atoms with Crippen molar-refractivity contribution in [3.63, 3.8) is 0 Å². The van der Waals surface area contributed by atoms with Crippen LogP contribution in [0, 0.1) is 0 Å². The molecule has 92 valence electrons. The minimum Gasteiger partial charge on any atom is -0.0988 e. The Morgan fingerprint density at radius 3 is 2.94 bits per heavy atom. The zero-order valence-corrected chi connectivity index (χ0v) is 12.7. The van der Waals surface area contributed by atoms with Gasteiger partial charge in [-0.2, -0.15) is 0 Å². The lowest BCUT2D eigenvalue weighted by molar-refractivity contribution is 0.963. The zero-order valence-electron chi connectivity index (χ0n) is 10.5. The molecule has 18 heavy (non-hydrogen) atoms. The molecular weight excluding hydrogens is 331 g/mol. The van der Waals surface area contributed by atoms with Gasteiger partial charge in [0.25, 0.3) is 0 Å². The molecule has 0 nitrogen and oxygen atoms in total. The normalized spacial score (nSPS) is 24.3. The zero-order chi connectivity index (χ0) is 12.5. The lowest BCUT2D eigenvalue weighted by Crippen LogP contribution is -1.98. The number of halogens is 1. The molecule has 0 aliphatic heterocycles. The van der Waals surface area contributed by atoms with E-state index in [-0.39, 0.29) is 0 Å². The third-order valence-corrected chi connectivity index (χ3v) is 4.38. The second-order valence-electron chi connectivity index (χ2n) is 4.87. The molecule has 0 amide bonds. The Morgan fingerprint density at radius 2 is 2.17 bits per heavy atom. The fourth-order valence-electron chi connectivity index (χ4n) is 3.19. The smallest absolute Gasteiger partial charge is 0.0185 e. The molecule has 0 aromatic heterocycles. The van der Waals surface area contributed by atoms with Gasteiger partial charge in [-0.3, -0.25) is 0 Å². The van der Waals surface area contributed by atoms with Crippen molar-refractivity contribution in [2.45, 2.75) is 25.7 Å². The first-order chi connectivity index (χ1) is 8.86. The van der Waals surface area contributed by atoms with Crippen molar-refractivity contribution >= 4 is 22.6 Å². The van der Waals surface area contributed by atoms with E-state index in [0.717, 1.165) is 17.3 Å². The molecule has 1 heteroatoms. The van der Waals surface area contributed by atoms with E-state index in [9.17, 15) is 0 Å². The third-order valence-electron chi connectivity index (χ3n) is 3.94. The van der Waals surface area contributed by atoms with Crippen molar-refractivity contribution in [2.24, 2.45) is 0 Å². The SMILES string of the molecule is C=CC1=C2C(=CCC1)C1=C(CCC=C1)/C2=C/CI. The molecule has 3 rings (SSSR count). The molecule has 0 heterocycles. The average Bonchev–Trinajstić information content (AvgIpc) is 2.74. The van der Waals surface area contributed by atoms with E-state index in [1.54, 1.807) is 5.57 Å². The van der Waals surface area contributed by atoms with Gasteiger partial charge in [0.15, 0.2) is 0 Å². The topological polar surface area (TPSA) is 0 Å². The third kappa shape index (κ3) is 1.80. The Hall–Kier alpha value is -0.830. The van der Waals surface area contributed by atoms with Crippen LogP contribution in [0.2, 0.25) is 0 Å². The highest BCUT2D eigenvalue weighted by molar-refractivity contribution is 14.1. The van der Waals surface area contributed by atoms with Crippen LogP contribution in [0.5, 0.6) is 0 Å². The second-order valence-corrected chi connectivity index (χ2v) is 5.75. The maximum Gasteiger partial charge on any atom is 0.0185 e. The quantitative estimate of drug-likeness (QED) is 0.475. The molecular formula is C17H17I. The molecule has 0 unspecified atom stereocenters. The minimum atomic E-state index is 1.08. The largest absolute Gasteiger partial charge is 0.0988 e. The van der Waals surface area contributed by atoms with Gasteiger partial charge < -0.3 is 0 Å². The van der Waals surface area contributed by atoms with Gasteiger partial charge in [-0.25, -0.2) is 0 Å². The van der Waals surface area contributed by atoms with Crippen LogP contribution in [0.1, 0.15) is 25.7 Å². The standard InChI is InChI=1S/C17H17I/c1-2-12-6-5-9-15-13-7-3-4-8-14(13)16(10-11-18)17(12)15/h2-3,7,9-10H,1,4-6,8,11H2/b16-10-. The van der Waals surface area contributed by atoms with Crippen molar-refractivity contribution in [2.75, 3.05) is 4.43 Å². The first-order valence-electron chi connectivity index (χ1n) is 6.60. The summed E-state index contributed by atoms with van der Waals surface area (Å²) in [6.07, 6.45) is 16.2. The summed E-state index contributed by atoms with van der Waals surface area (Å²) < 4.78 is 1.08. The van der Waals surface area contributed by atoms with Crippen molar-refractivity contribution < 1.29 is 0 Å². The van der Waals surface area contributed by atoms with Gasteiger partial charge in [0.1, 0.15) is 0 Å². The highest BCUT2D eigenvalue weighted by atomic mass is 127.